The molecule has 0 spiro atoms. The van der Waals surface area contributed by atoms with Crippen molar-refractivity contribution in [3.63, 3.8) is 0 Å². The Bertz CT molecular complexity index is 623. The van der Waals surface area contributed by atoms with Crippen LogP contribution < -0.4 is 5.43 Å². The minimum Gasteiger partial charge on any atom is -0.269 e. The van der Waals surface area contributed by atoms with E-state index in [1.807, 2.05) is 0 Å². The third-order valence-electron chi connectivity index (χ3n) is 3.24. The summed E-state index contributed by atoms with van der Waals surface area (Å²) in [6.07, 6.45) is -8.58. The van der Waals surface area contributed by atoms with Crippen molar-refractivity contribution in [3.05, 3.63) is 29.2 Å². The largest absolute Gasteiger partial charge is 0.435 e. The van der Waals surface area contributed by atoms with Gasteiger partial charge in [-0.25, -0.2) is 0 Å². The van der Waals surface area contributed by atoms with E-state index in [4.69, 9.17) is 0 Å². The molecule has 127 valence electrons. The van der Waals surface area contributed by atoms with Crippen molar-refractivity contribution >= 4 is 5.71 Å². The van der Waals surface area contributed by atoms with Crippen LogP contribution in [-0.2, 0) is 19.1 Å². The summed E-state index contributed by atoms with van der Waals surface area (Å²) in [5.41, 5.74) is 2.85. The Hall–Kier alpha value is -2.00. The number of halogens is 6. The number of alkyl halides is 6. The van der Waals surface area contributed by atoms with Crippen LogP contribution in [-0.4, -0.2) is 21.7 Å². The normalized spacial score (nSPS) is 15.4. The first kappa shape index (κ1) is 17.4. The highest BCUT2D eigenvalue weighted by molar-refractivity contribution is 6.01. The van der Waals surface area contributed by atoms with E-state index in [9.17, 15) is 26.3 Å². The topological polar surface area (TPSA) is 44.3 Å². The summed E-state index contributed by atoms with van der Waals surface area (Å²) in [5, 5.41) is 6.91. The third kappa shape index (κ3) is 4.49. The van der Waals surface area contributed by atoms with Gasteiger partial charge in [-0.1, -0.05) is 6.92 Å². The molecule has 10 heteroatoms. The average molecular weight is 339 g/mol. The van der Waals surface area contributed by atoms with Gasteiger partial charge in [0.1, 0.15) is 0 Å². The van der Waals surface area contributed by atoms with E-state index in [-0.39, 0.29) is 24.3 Å². The van der Waals surface area contributed by atoms with Gasteiger partial charge in [0, 0.05) is 12.2 Å². The minimum absolute atomic E-state index is 0.0253. The molecule has 4 nitrogen and oxygen atoms in total. The lowest BCUT2D eigenvalue weighted by atomic mass is 10.1. The molecular formula is C13H13F6N4. The van der Waals surface area contributed by atoms with Crippen LogP contribution in [0.3, 0.4) is 0 Å². The standard InChI is InChI=1S/C13H13F6N4/c1-2-9-5-11(13(17,18)19)22-23(9)4-3-8-7-20-21-10(8)6-12(14,15)16/h5,7H,2-4,6H2,1H3. The Morgan fingerprint density at radius 1 is 1.13 bits per heavy atom. The van der Waals surface area contributed by atoms with Crippen molar-refractivity contribution in [2.24, 2.45) is 5.10 Å². The molecule has 0 aromatic carbocycles. The van der Waals surface area contributed by atoms with Crippen LogP contribution >= 0.6 is 0 Å². The van der Waals surface area contributed by atoms with E-state index in [1.54, 1.807) is 6.92 Å². The Balaban J connectivity index is 2.07. The number of nitrogens with zero attached hydrogens (tertiary/aromatic N) is 4. The fourth-order valence-electron chi connectivity index (χ4n) is 2.15. The van der Waals surface area contributed by atoms with Gasteiger partial charge in [0.25, 0.3) is 0 Å². The first-order valence-electron chi connectivity index (χ1n) is 6.77. The lowest BCUT2D eigenvalue weighted by molar-refractivity contribution is -0.141. The van der Waals surface area contributed by atoms with Crippen LogP contribution in [0.1, 0.15) is 31.2 Å². The molecule has 0 saturated carbocycles. The van der Waals surface area contributed by atoms with Gasteiger partial charge in [0.2, 0.25) is 0 Å². The summed E-state index contributed by atoms with van der Waals surface area (Å²) >= 11 is 0. The number of rotatable bonds is 5. The van der Waals surface area contributed by atoms with E-state index in [1.165, 1.54) is 6.20 Å². The molecule has 0 aliphatic carbocycles. The first-order chi connectivity index (χ1) is 10.6. The third-order valence-corrected chi connectivity index (χ3v) is 3.24. The first-order valence-corrected chi connectivity index (χ1v) is 6.77. The number of aryl methyl sites for hydroxylation is 2. The molecule has 1 radical (unpaired) electrons. The highest BCUT2D eigenvalue weighted by Crippen LogP contribution is 2.29. The van der Waals surface area contributed by atoms with Crippen LogP contribution in [0, 0.1) is 0 Å². The van der Waals surface area contributed by atoms with E-state index < -0.39 is 24.5 Å². The maximum atomic E-state index is 12.7. The maximum Gasteiger partial charge on any atom is 0.435 e. The second-order valence-electron chi connectivity index (χ2n) is 4.95. The number of hydrogen-bond acceptors (Lipinski definition) is 2. The average Bonchev–Trinajstić information content (AvgIpc) is 3.00. The van der Waals surface area contributed by atoms with E-state index >= 15 is 0 Å². The lowest BCUT2D eigenvalue weighted by Gasteiger charge is -2.10. The molecule has 0 fully saturated rings. The molecule has 1 aliphatic rings. The Morgan fingerprint density at radius 2 is 1.83 bits per heavy atom. The van der Waals surface area contributed by atoms with E-state index in [0.29, 0.717) is 12.1 Å². The van der Waals surface area contributed by atoms with Gasteiger partial charge in [0.15, 0.2) is 5.69 Å². The number of hydrogen-bond donors (Lipinski definition) is 0. The zero-order valence-electron chi connectivity index (χ0n) is 12.0. The SMILES string of the molecule is CCc1cc(C(F)(F)F)nn1CCC1=C[N]N=C1CC(F)(F)F. The molecule has 23 heavy (non-hydrogen) atoms. The van der Waals surface area contributed by atoms with Gasteiger partial charge < -0.3 is 0 Å². The van der Waals surface area contributed by atoms with Crippen LogP contribution in [0.4, 0.5) is 26.3 Å². The van der Waals surface area contributed by atoms with E-state index in [0.717, 1.165) is 10.7 Å². The predicted octanol–water partition coefficient (Wildman–Crippen LogP) is 3.66. The van der Waals surface area contributed by atoms with Crippen molar-refractivity contribution in [2.75, 3.05) is 0 Å². The fraction of sp³-hybridized carbons (Fsp3) is 0.538. The molecule has 0 amide bonds. The Morgan fingerprint density at radius 3 is 2.39 bits per heavy atom. The fourth-order valence-corrected chi connectivity index (χ4v) is 2.15. The van der Waals surface area contributed by atoms with Crippen molar-refractivity contribution < 1.29 is 26.3 Å². The van der Waals surface area contributed by atoms with Gasteiger partial charge in [-0.15, -0.1) is 0 Å². The molecule has 1 aromatic heterocycles. The van der Waals surface area contributed by atoms with Crippen LogP contribution in [0.2, 0.25) is 0 Å². The van der Waals surface area contributed by atoms with Crippen molar-refractivity contribution in [2.45, 2.75) is 45.1 Å². The molecule has 0 atom stereocenters. The minimum atomic E-state index is -4.56. The summed E-state index contributed by atoms with van der Waals surface area (Å²) in [6, 6.07) is 0.943. The molecule has 0 unspecified atom stereocenters. The van der Waals surface area contributed by atoms with Gasteiger partial charge in [-0.2, -0.15) is 42.0 Å². The highest BCUT2D eigenvalue weighted by atomic mass is 19.4. The quantitative estimate of drug-likeness (QED) is 0.755. The van der Waals surface area contributed by atoms with Crippen molar-refractivity contribution in [1.82, 2.24) is 15.2 Å². The zero-order valence-corrected chi connectivity index (χ0v) is 12.0. The lowest BCUT2D eigenvalue weighted by Crippen LogP contribution is -2.17. The van der Waals surface area contributed by atoms with Crippen LogP contribution in [0.25, 0.3) is 0 Å². The predicted molar refractivity (Wildman–Crippen MR) is 69.5 cm³/mol. The zero-order chi connectivity index (χ0) is 17.3. The summed E-state index contributed by atoms with van der Waals surface area (Å²) in [5.74, 6) is 0. The molecule has 1 aliphatic heterocycles. The molecule has 2 heterocycles. The number of allylic oxidation sites excluding steroid dienone is 1. The van der Waals surface area contributed by atoms with Gasteiger partial charge in [-0.05, 0) is 24.5 Å². The molecular weight excluding hydrogens is 326 g/mol. The molecule has 1 aromatic rings. The van der Waals surface area contributed by atoms with Crippen LogP contribution in [0.15, 0.2) is 22.9 Å². The molecule has 2 rings (SSSR count). The second kappa shape index (κ2) is 6.25. The highest BCUT2D eigenvalue weighted by Gasteiger charge is 2.35. The maximum absolute atomic E-state index is 12.7. The number of aromatic nitrogens is 2. The van der Waals surface area contributed by atoms with Crippen molar-refractivity contribution in [1.29, 1.82) is 0 Å². The summed E-state index contributed by atoms with van der Waals surface area (Å²) < 4.78 is 76.4. The Kier molecular flexibility index (Phi) is 4.71. The second-order valence-corrected chi connectivity index (χ2v) is 4.95. The smallest absolute Gasteiger partial charge is 0.269 e. The summed E-state index contributed by atoms with van der Waals surface area (Å²) in [4.78, 5) is 0. The van der Waals surface area contributed by atoms with Gasteiger partial charge in [0.05, 0.1) is 18.3 Å². The molecule has 0 N–H and O–H groups in total. The van der Waals surface area contributed by atoms with Gasteiger partial charge in [-0.3, -0.25) is 4.68 Å². The Labute approximate surface area is 127 Å². The molecule has 0 bridgehead atoms. The van der Waals surface area contributed by atoms with Crippen molar-refractivity contribution in [3.8, 4) is 0 Å². The van der Waals surface area contributed by atoms with Gasteiger partial charge >= 0.3 is 12.4 Å². The van der Waals surface area contributed by atoms with E-state index in [2.05, 4.69) is 15.6 Å². The summed E-state index contributed by atoms with van der Waals surface area (Å²) in [7, 11) is 0. The summed E-state index contributed by atoms with van der Waals surface area (Å²) in [6.45, 7) is 1.70. The monoisotopic (exact) mass is 339 g/mol. The van der Waals surface area contributed by atoms with Crippen LogP contribution in [0.5, 0.6) is 0 Å². The molecule has 0 saturated heterocycles.